The fraction of sp³-hybridized carbons (Fsp3) is 0.107. The van der Waals surface area contributed by atoms with Gasteiger partial charge in [-0.1, -0.05) is 66.4 Å². The van der Waals surface area contributed by atoms with E-state index in [0.717, 1.165) is 31.1 Å². The Morgan fingerprint density at radius 2 is 1.86 bits per heavy atom. The molecule has 36 heavy (non-hydrogen) atoms. The summed E-state index contributed by atoms with van der Waals surface area (Å²) in [7, 11) is 1.61. The summed E-state index contributed by atoms with van der Waals surface area (Å²) in [6.45, 7) is 0.401. The number of hydrogen-bond acceptors (Lipinski definition) is 7. The van der Waals surface area contributed by atoms with Crippen molar-refractivity contribution in [1.82, 2.24) is 10.4 Å². The molecule has 1 heterocycles. The van der Waals surface area contributed by atoms with Gasteiger partial charge in [-0.25, -0.2) is 10.4 Å². The van der Waals surface area contributed by atoms with Crippen molar-refractivity contribution in [1.29, 1.82) is 0 Å². The van der Waals surface area contributed by atoms with Crippen LogP contribution in [0.25, 0.3) is 21.0 Å². The number of thiazole rings is 1. The number of thioether (sulfide) groups is 1. The molecule has 0 spiro atoms. The predicted molar refractivity (Wildman–Crippen MR) is 147 cm³/mol. The third kappa shape index (κ3) is 5.67. The van der Waals surface area contributed by atoms with Gasteiger partial charge in [0.05, 0.1) is 29.3 Å². The highest BCUT2D eigenvalue weighted by atomic mass is 32.2. The molecule has 0 saturated carbocycles. The van der Waals surface area contributed by atoms with Gasteiger partial charge in [-0.15, -0.1) is 11.3 Å². The topological polar surface area (TPSA) is 72.8 Å². The van der Waals surface area contributed by atoms with Crippen LogP contribution >= 0.6 is 23.1 Å². The second kappa shape index (κ2) is 11.2. The Morgan fingerprint density at radius 3 is 2.75 bits per heavy atom. The normalized spacial score (nSPS) is 11.2. The van der Waals surface area contributed by atoms with E-state index in [1.807, 2.05) is 60.7 Å². The number of nitrogens with one attached hydrogen (secondary N) is 1. The number of para-hydroxylation sites is 1. The van der Waals surface area contributed by atoms with Crippen molar-refractivity contribution in [3.63, 3.8) is 0 Å². The summed E-state index contributed by atoms with van der Waals surface area (Å²) in [6.07, 6.45) is 1.59. The van der Waals surface area contributed by atoms with Crippen LogP contribution in [0.1, 0.15) is 11.1 Å². The summed E-state index contributed by atoms with van der Waals surface area (Å²) in [4.78, 5) is 16.8. The number of ether oxygens (including phenoxy) is 2. The highest BCUT2D eigenvalue weighted by Gasteiger charge is 2.09. The van der Waals surface area contributed by atoms with Crippen molar-refractivity contribution in [3.8, 4) is 11.5 Å². The maximum Gasteiger partial charge on any atom is 0.250 e. The second-order valence-electron chi connectivity index (χ2n) is 7.87. The molecule has 6 nitrogen and oxygen atoms in total. The molecule has 0 aliphatic heterocycles. The van der Waals surface area contributed by atoms with Gasteiger partial charge in [-0.05, 0) is 52.2 Å². The third-order valence-electron chi connectivity index (χ3n) is 5.45. The van der Waals surface area contributed by atoms with Crippen LogP contribution in [0.15, 0.2) is 94.4 Å². The van der Waals surface area contributed by atoms with Crippen molar-refractivity contribution in [2.24, 2.45) is 5.10 Å². The second-order valence-corrected chi connectivity index (χ2v) is 10.1. The fourth-order valence-electron chi connectivity index (χ4n) is 3.71. The van der Waals surface area contributed by atoms with Crippen LogP contribution in [0.5, 0.6) is 11.5 Å². The van der Waals surface area contributed by atoms with E-state index in [1.54, 1.807) is 24.7 Å². The molecule has 0 radical (unpaired) electrons. The molecule has 0 saturated heterocycles. The average Bonchev–Trinajstić information content (AvgIpc) is 3.34. The van der Waals surface area contributed by atoms with Crippen LogP contribution in [-0.2, 0) is 11.4 Å². The van der Waals surface area contributed by atoms with E-state index in [1.165, 1.54) is 17.1 Å². The summed E-state index contributed by atoms with van der Waals surface area (Å²) in [5, 5.41) is 6.43. The summed E-state index contributed by atoms with van der Waals surface area (Å²) in [5.74, 6) is 1.27. The van der Waals surface area contributed by atoms with Gasteiger partial charge in [-0.3, -0.25) is 4.79 Å². The highest BCUT2D eigenvalue weighted by molar-refractivity contribution is 8.01. The maximum absolute atomic E-state index is 12.2. The summed E-state index contributed by atoms with van der Waals surface area (Å²) >= 11 is 2.97. The molecule has 0 unspecified atom stereocenters. The zero-order valence-electron chi connectivity index (χ0n) is 19.5. The van der Waals surface area contributed by atoms with Gasteiger partial charge in [0.25, 0.3) is 5.91 Å². The van der Waals surface area contributed by atoms with Crippen molar-refractivity contribution in [2.45, 2.75) is 10.9 Å². The first-order valence-corrected chi connectivity index (χ1v) is 13.1. The number of nitrogens with zero attached hydrogens (tertiary/aromatic N) is 2. The molecular weight excluding hydrogens is 490 g/mol. The number of methoxy groups -OCH3 is 1. The first-order chi connectivity index (χ1) is 17.7. The van der Waals surface area contributed by atoms with Gasteiger partial charge < -0.3 is 9.47 Å². The molecule has 8 heteroatoms. The Hall–Kier alpha value is -3.88. The van der Waals surface area contributed by atoms with E-state index in [4.69, 9.17) is 9.47 Å². The molecule has 1 aromatic heterocycles. The quantitative estimate of drug-likeness (QED) is 0.143. The molecule has 5 rings (SSSR count). The lowest BCUT2D eigenvalue weighted by Crippen LogP contribution is -2.19. The Bertz CT molecular complexity index is 1510. The third-order valence-corrected chi connectivity index (χ3v) is 7.63. The van der Waals surface area contributed by atoms with E-state index in [0.29, 0.717) is 18.1 Å². The number of fused-ring (bicyclic) bond motifs is 2. The largest absolute Gasteiger partial charge is 0.493 e. The van der Waals surface area contributed by atoms with E-state index in [2.05, 4.69) is 39.8 Å². The minimum absolute atomic E-state index is 0.198. The molecule has 1 amide bonds. The minimum Gasteiger partial charge on any atom is -0.493 e. The van der Waals surface area contributed by atoms with Crippen LogP contribution in [0.3, 0.4) is 0 Å². The van der Waals surface area contributed by atoms with Crippen LogP contribution in [0, 0.1) is 0 Å². The molecular formula is C28H23N3O3S2. The minimum atomic E-state index is -0.198. The number of carbonyl (C=O) groups excluding carboxylic acids is 1. The van der Waals surface area contributed by atoms with Crippen molar-refractivity contribution < 1.29 is 14.3 Å². The Kier molecular flexibility index (Phi) is 7.44. The van der Waals surface area contributed by atoms with Crippen LogP contribution in [0.2, 0.25) is 0 Å². The lowest BCUT2D eigenvalue weighted by molar-refractivity contribution is -0.118. The Morgan fingerprint density at radius 1 is 1.03 bits per heavy atom. The maximum atomic E-state index is 12.2. The van der Waals surface area contributed by atoms with Gasteiger partial charge in [0, 0.05) is 0 Å². The molecule has 5 aromatic rings. The molecule has 180 valence electrons. The van der Waals surface area contributed by atoms with Gasteiger partial charge in [0.1, 0.15) is 6.61 Å². The first kappa shape index (κ1) is 23.8. The number of hydrazone groups is 1. The number of amides is 1. The van der Waals surface area contributed by atoms with Gasteiger partial charge in [0.15, 0.2) is 15.8 Å². The van der Waals surface area contributed by atoms with Gasteiger partial charge >= 0.3 is 0 Å². The smallest absolute Gasteiger partial charge is 0.250 e. The van der Waals surface area contributed by atoms with Gasteiger partial charge in [0.2, 0.25) is 0 Å². The highest BCUT2D eigenvalue weighted by Crippen LogP contribution is 2.30. The molecule has 1 N–H and O–H groups in total. The van der Waals surface area contributed by atoms with Crippen molar-refractivity contribution in [2.75, 3.05) is 12.9 Å². The average molecular weight is 514 g/mol. The molecule has 0 atom stereocenters. The fourth-order valence-corrected chi connectivity index (χ4v) is 5.57. The lowest BCUT2D eigenvalue weighted by Gasteiger charge is -2.13. The Labute approximate surface area is 217 Å². The standard InChI is InChI=1S/C28H23N3O3S2/c1-33-24-14-13-19(15-25(24)34-17-21-9-6-8-20-7-2-3-10-22(20)21)16-29-31-27(32)18-35-28-30-23-11-4-5-12-26(23)36-28/h2-16H,17-18H2,1H3,(H,31,32)/b29-16-. The summed E-state index contributed by atoms with van der Waals surface area (Å²) in [6, 6.07) is 27.8. The molecule has 0 aliphatic rings. The molecule has 0 fully saturated rings. The van der Waals surface area contributed by atoms with Crippen LogP contribution in [0.4, 0.5) is 0 Å². The van der Waals surface area contributed by atoms with Crippen LogP contribution < -0.4 is 14.9 Å². The van der Waals surface area contributed by atoms with Crippen molar-refractivity contribution >= 4 is 56.2 Å². The molecule has 4 aromatic carbocycles. The molecule has 0 aliphatic carbocycles. The van der Waals surface area contributed by atoms with Crippen LogP contribution in [-0.4, -0.2) is 30.0 Å². The number of aromatic nitrogens is 1. The first-order valence-electron chi connectivity index (χ1n) is 11.3. The predicted octanol–water partition coefficient (Wildman–Crippen LogP) is 6.28. The Balaban J connectivity index is 1.19. The number of benzene rings is 4. The molecule has 0 bridgehead atoms. The number of hydrogen-bond donors (Lipinski definition) is 1. The van der Waals surface area contributed by atoms with E-state index >= 15 is 0 Å². The number of carbonyl (C=O) groups is 1. The summed E-state index contributed by atoms with van der Waals surface area (Å²) < 4.78 is 13.6. The van der Waals surface area contributed by atoms with Crippen molar-refractivity contribution in [3.05, 3.63) is 96.1 Å². The van der Waals surface area contributed by atoms with E-state index in [9.17, 15) is 4.79 Å². The summed E-state index contributed by atoms with van der Waals surface area (Å²) in [5.41, 5.74) is 5.39. The lowest BCUT2D eigenvalue weighted by atomic mass is 10.1. The SMILES string of the molecule is COc1ccc(/C=N\NC(=O)CSc2nc3ccccc3s2)cc1OCc1cccc2ccccc12. The van der Waals surface area contributed by atoms with Gasteiger partial charge in [-0.2, -0.15) is 5.10 Å². The van der Waals surface area contributed by atoms with E-state index in [-0.39, 0.29) is 11.7 Å². The zero-order valence-corrected chi connectivity index (χ0v) is 21.1. The van der Waals surface area contributed by atoms with E-state index < -0.39 is 0 Å². The number of rotatable bonds is 9. The monoisotopic (exact) mass is 513 g/mol. The zero-order chi connectivity index (χ0) is 24.7.